The van der Waals surface area contributed by atoms with Gasteiger partial charge in [-0.05, 0) is 76.2 Å². The SMILES string of the molecule is CCOc1ccccc1N(CC(=O)N/N=C\c1cc(C)n(-c2ccc(Cl)c(Cl)c2)c1C)S(=O)(=O)c1ccc(C)cc1. The van der Waals surface area contributed by atoms with Crippen molar-refractivity contribution in [2.24, 2.45) is 5.10 Å². The molecule has 8 nitrogen and oxygen atoms in total. The molecule has 0 fully saturated rings. The molecule has 0 aliphatic rings. The zero-order chi connectivity index (χ0) is 29.7. The number of hydrazone groups is 1. The average molecular weight is 614 g/mol. The number of aromatic nitrogens is 1. The summed E-state index contributed by atoms with van der Waals surface area (Å²) in [5.74, 6) is -0.279. The number of nitrogens with zero attached hydrogens (tertiary/aromatic N) is 3. The van der Waals surface area contributed by atoms with Gasteiger partial charge in [0.05, 0.1) is 33.4 Å². The van der Waals surface area contributed by atoms with Gasteiger partial charge in [-0.3, -0.25) is 9.10 Å². The highest BCUT2D eigenvalue weighted by molar-refractivity contribution is 7.92. The second kappa shape index (κ2) is 12.8. The zero-order valence-corrected chi connectivity index (χ0v) is 25.4. The van der Waals surface area contributed by atoms with Gasteiger partial charge in [0.25, 0.3) is 15.9 Å². The Balaban J connectivity index is 1.59. The molecule has 0 aliphatic heterocycles. The first-order valence-electron chi connectivity index (χ1n) is 12.8. The number of halogens is 2. The Labute approximate surface area is 250 Å². The lowest BCUT2D eigenvalue weighted by Gasteiger charge is -2.25. The lowest BCUT2D eigenvalue weighted by Crippen LogP contribution is -2.39. The van der Waals surface area contributed by atoms with Crippen molar-refractivity contribution in [1.82, 2.24) is 9.99 Å². The van der Waals surface area contributed by atoms with Gasteiger partial charge in [0.2, 0.25) is 0 Å². The van der Waals surface area contributed by atoms with E-state index in [1.807, 2.05) is 37.5 Å². The minimum atomic E-state index is -4.11. The summed E-state index contributed by atoms with van der Waals surface area (Å²) in [6.45, 7) is 7.34. The van der Waals surface area contributed by atoms with Crippen molar-refractivity contribution in [2.75, 3.05) is 17.5 Å². The topological polar surface area (TPSA) is 93.0 Å². The van der Waals surface area contributed by atoms with Crippen LogP contribution in [0.3, 0.4) is 0 Å². The third kappa shape index (κ3) is 6.75. The van der Waals surface area contributed by atoms with Crippen LogP contribution in [0.15, 0.2) is 82.8 Å². The Hall–Kier alpha value is -3.79. The van der Waals surface area contributed by atoms with Crippen LogP contribution in [0.1, 0.15) is 29.4 Å². The molecule has 1 N–H and O–H groups in total. The maximum atomic E-state index is 13.7. The Kier molecular flexibility index (Phi) is 9.42. The standard InChI is InChI=1S/C30H30Cl2N4O4S/c1-5-40-29-9-7-6-8-28(29)35(41(38,39)25-13-10-20(2)11-14-25)19-30(37)34-33-18-23-16-21(3)36(22(23)4)24-12-15-26(31)27(32)17-24/h6-18H,5,19H2,1-4H3,(H,34,37)/b33-18-. The summed E-state index contributed by atoms with van der Waals surface area (Å²) in [5, 5.41) is 5.02. The van der Waals surface area contributed by atoms with E-state index in [0.717, 1.165) is 32.5 Å². The second-order valence-corrected chi connectivity index (χ2v) is 12.0. The zero-order valence-electron chi connectivity index (χ0n) is 23.1. The molecule has 0 radical (unpaired) electrons. The van der Waals surface area contributed by atoms with E-state index in [-0.39, 0.29) is 10.6 Å². The predicted molar refractivity (Wildman–Crippen MR) is 164 cm³/mol. The highest BCUT2D eigenvalue weighted by atomic mass is 35.5. The number of nitrogens with one attached hydrogen (secondary N) is 1. The molecule has 1 heterocycles. The number of anilines is 1. The van der Waals surface area contributed by atoms with Crippen molar-refractivity contribution in [1.29, 1.82) is 0 Å². The summed E-state index contributed by atoms with van der Waals surface area (Å²) >= 11 is 12.3. The van der Waals surface area contributed by atoms with E-state index in [0.29, 0.717) is 22.4 Å². The fourth-order valence-electron chi connectivity index (χ4n) is 4.36. The van der Waals surface area contributed by atoms with Crippen LogP contribution in [0.4, 0.5) is 5.69 Å². The molecule has 0 saturated carbocycles. The molecule has 1 amide bonds. The highest BCUT2D eigenvalue weighted by Gasteiger charge is 2.29. The first-order valence-corrected chi connectivity index (χ1v) is 15.0. The molecule has 0 saturated heterocycles. The Morgan fingerprint density at radius 3 is 2.39 bits per heavy atom. The molecule has 3 aromatic carbocycles. The first kappa shape index (κ1) is 30.2. The van der Waals surface area contributed by atoms with E-state index < -0.39 is 22.5 Å². The first-order chi connectivity index (χ1) is 19.5. The summed E-state index contributed by atoms with van der Waals surface area (Å²) in [6.07, 6.45) is 1.52. The quantitative estimate of drug-likeness (QED) is 0.164. The molecule has 4 rings (SSSR count). The van der Waals surface area contributed by atoms with E-state index in [1.165, 1.54) is 18.3 Å². The van der Waals surface area contributed by atoms with Gasteiger partial charge < -0.3 is 9.30 Å². The number of carbonyl (C=O) groups excluding carboxylic acids is 1. The number of amides is 1. The van der Waals surface area contributed by atoms with E-state index in [1.54, 1.807) is 55.5 Å². The monoisotopic (exact) mass is 612 g/mol. The fourth-order valence-corrected chi connectivity index (χ4v) is 6.08. The smallest absolute Gasteiger partial charge is 0.264 e. The summed E-state index contributed by atoms with van der Waals surface area (Å²) in [7, 11) is -4.11. The molecule has 0 atom stereocenters. The molecule has 1 aromatic heterocycles. The Morgan fingerprint density at radius 1 is 1.00 bits per heavy atom. The van der Waals surface area contributed by atoms with Crippen LogP contribution < -0.4 is 14.5 Å². The van der Waals surface area contributed by atoms with Crippen molar-refractivity contribution >= 4 is 51.0 Å². The van der Waals surface area contributed by atoms with Crippen LogP contribution in [-0.4, -0.2) is 38.3 Å². The van der Waals surface area contributed by atoms with Gasteiger partial charge in [-0.2, -0.15) is 5.10 Å². The molecular formula is C30H30Cl2N4O4S. The van der Waals surface area contributed by atoms with Gasteiger partial charge in [0.15, 0.2) is 0 Å². The number of carbonyl (C=O) groups is 1. The van der Waals surface area contributed by atoms with Gasteiger partial charge in [0, 0.05) is 22.6 Å². The van der Waals surface area contributed by atoms with Gasteiger partial charge in [0.1, 0.15) is 12.3 Å². The van der Waals surface area contributed by atoms with Gasteiger partial charge in [-0.25, -0.2) is 13.8 Å². The maximum absolute atomic E-state index is 13.7. The molecule has 0 aliphatic carbocycles. The third-order valence-corrected chi connectivity index (χ3v) is 8.87. The fraction of sp³-hybridized carbons (Fsp3) is 0.200. The van der Waals surface area contributed by atoms with Crippen molar-refractivity contribution in [3.8, 4) is 11.4 Å². The van der Waals surface area contributed by atoms with Crippen LogP contribution in [0, 0.1) is 20.8 Å². The largest absolute Gasteiger partial charge is 0.492 e. The maximum Gasteiger partial charge on any atom is 0.264 e. The summed E-state index contributed by atoms with van der Waals surface area (Å²) in [6, 6.07) is 20.4. The molecule has 0 unspecified atom stereocenters. The van der Waals surface area contributed by atoms with Gasteiger partial charge in [-0.15, -0.1) is 0 Å². The van der Waals surface area contributed by atoms with Crippen molar-refractivity contribution in [3.05, 3.63) is 105 Å². The predicted octanol–water partition coefficient (Wildman–Crippen LogP) is 6.45. The summed E-state index contributed by atoms with van der Waals surface area (Å²) in [5.41, 5.74) is 7.02. The number of rotatable bonds is 10. The van der Waals surface area contributed by atoms with E-state index >= 15 is 0 Å². The van der Waals surface area contributed by atoms with E-state index in [4.69, 9.17) is 27.9 Å². The van der Waals surface area contributed by atoms with Crippen molar-refractivity contribution in [2.45, 2.75) is 32.6 Å². The van der Waals surface area contributed by atoms with Crippen LogP contribution in [-0.2, 0) is 14.8 Å². The Bertz CT molecular complexity index is 1700. The van der Waals surface area contributed by atoms with Crippen molar-refractivity contribution < 1.29 is 17.9 Å². The number of ether oxygens (including phenoxy) is 1. The second-order valence-electron chi connectivity index (χ2n) is 9.28. The number of benzene rings is 3. The molecule has 4 aromatic rings. The molecule has 41 heavy (non-hydrogen) atoms. The lowest BCUT2D eigenvalue weighted by molar-refractivity contribution is -0.119. The number of sulfonamides is 1. The molecule has 11 heteroatoms. The van der Waals surface area contributed by atoms with E-state index in [2.05, 4.69) is 10.5 Å². The van der Waals surface area contributed by atoms with Gasteiger partial charge in [-0.1, -0.05) is 53.0 Å². The summed E-state index contributed by atoms with van der Waals surface area (Å²) in [4.78, 5) is 13.1. The van der Waals surface area contributed by atoms with Gasteiger partial charge >= 0.3 is 0 Å². The lowest BCUT2D eigenvalue weighted by atomic mass is 10.2. The number of hydrogen-bond donors (Lipinski definition) is 1. The third-order valence-electron chi connectivity index (χ3n) is 6.35. The number of aryl methyl sites for hydroxylation is 2. The van der Waals surface area contributed by atoms with Crippen molar-refractivity contribution in [3.63, 3.8) is 0 Å². The Morgan fingerprint density at radius 2 is 1.71 bits per heavy atom. The molecule has 214 valence electrons. The average Bonchev–Trinajstić information content (AvgIpc) is 3.22. The number of hydrogen-bond acceptors (Lipinski definition) is 5. The van der Waals surface area contributed by atoms with Crippen LogP contribution in [0.25, 0.3) is 5.69 Å². The molecule has 0 bridgehead atoms. The normalized spacial score (nSPS) is 11.6. The molecule has 0 spiro atoms. The van der Waals surface area contributed by atoms with E-state index in [9.17, 15) is 13.2 Å². The highest BCUT2D eigenvalue weighted by Crippen LogP contribution is 2.32. The van der Waals surface area contributed by atoms with Crippen LogP contribution in [0.5, 0.6) is 5.75 Å². The minimum Gasteiger partial charge on any atom is -0.492 e. The number of para-hydroxylation sites is 2. The summed E-state index contributed by atoms with van der Waals surface area (Å²) < 4.78 is 36.2. The van der Waals surface area contributed by atoms with Crippen LogP contribution >= 0.6 is 23.2 Å². The molecular weight excluding hydrogens is 583 g/mol. The van der Waals surface area contributed by atoms with Crippen LogP contribution in [0.2, 0.25) is 10.0 Å². The minimum absolute atomic E-state index is 0.0560.